The number of H-pyrrole nitrogens is 2. The van der Waals surface area contributed by atoms with Gasteiger partial charge in [-0.05, 0) is 73.5 Å². The van der Waals surface area contributed by atoms with Crippen LogP contribution in [-0.2, 0) is 19.1 Å². The molecule has 2 aromatic heterocycles. The number of carbonyl (C=O) groups excluding carboxylic acids is 4. The Morgan fingerprint density at radius 2 is 1.40 bits per heavy atom. The molecule has 2 aliphatic heterocycles. The van der Waals surface area contributed by atoms with E-state index in [1.54, 1.807) is 22.2 Å². The van der Waals surface area contributed by atoms with Crippen molar-refractivity contribution in [1.82, 2.24) is 40.4 Å². The van der Waals surface area contributed by atoms with Crippen molar-refractivity contribution in [3.63, 3.8) is 0 Å². The van der Waals surface area contributed by atoms with E-state index in [4.69, 9.17) is 14.5 Å². The number of benzene rings is 2. The van der Waals surface area contributed by atoms with Crippen molar-refractivity contribution < 1.29 is 37.4 Å². The molecule has 3 fully saturated rings. The van der Waals surface area contributed by atoms with E-state index in [-0.39, 0.29) is 55.4 Å². The molecule has 1 saturated carbocycles. The molecular formula is C46H58F2N8O6. The van der Waals surface area contributed by atoms with E-state index in [1.807, 2.05) is 76.2 Å². The van der Waals surface area contributed by atoms with Gasteiger partial charge < -0.3 is 39.9 Å². The third-order valence-electron chi connectivity index (χ3n) is 12.8. The molecule has 0 radical (unpaired) electrons. The number of amides is 4. The first kappa shape index (κ1) is 44.3. The van der Waals surface area contributed by atoms with Crippen LogP contribution in [0.25, 0.3) is 33.6 Å². The number of nitrogens with zero attached hydrogens (tertiary/aromatic N) is 4. The minimum atomic E-state index is -2.77. The quantitative estimate of drug-likeness (QED) is 0.110. The van der Waals surface area contributed by atoms with Crippen LogP contribution in [0, 0.1) is 11.8 Å². The molecule has 3 aliphatic rings. The number of ether oxygens (including phenoxy) is 2. The number of rotatable bonds is 12. The molecule has 1 unspecified atom stereocenters. The highest BCUT2D eigenvalue weighted by molar-refractivity contribution is 5.87. The third-order valence-corrected chi connectivity index (χ3v) is 12.8. The Bertz CT molecular complexity index is 2210. The summed E-state index contributed by atoms with van der Waals surface area (Å²) in [5, 5.41) is 5.40. The van der Waals surface area contributed by atoms with Crippen molar-refractivity contribution in [2.24, 2.45) is 11.8 Å². The number of halogens is 2. The second kappa shape index (κ2) is 18.3. The van der Waals surface area contributed by atoms with Crippen molar-refractivity contribution in [3.05, 3.63) is 72.6 Å². The first-order chi connectivity index (χ1) is 29.6. The van der Waals surface area contributed by atoms with Crippen molar-refractivity contribution in [1.29, 1.82) is 0 Å². The Hall–Kier alpha value is -5.80. The zero-order chi connectivity index (χ0) is 44.3. The molecule has 2 aromatic carbocycles. The molecule has 62 heavy (non-hydrogen) atoms. The lowest BCUT2D eigenvalue weighted by atomic mass is 9.77. The van der Waals surface area contributed by atoms with Gasteiger partial charge in [0.25, 0.3) is 0 Å². The van der Waals surface area contributed by atoms with Crippen LogP contribution in [0.4, 0.5) is 18.4 Å². The zero-order valence-corrected chi connectivity index (χ0v) is 36.3. The molecule has 4 atom stereocenters. The van der Waals surface area contributed by atoms with E-state index < -0.39 is 41.8 Å². The summed E-state index contributed by atoms with van der Waals surface area (Å²) in [5.41, 5.74) is 4.57. The van der Waals surface area contributed by atoms with Crippen molar-refractivity contribution in [2.75, 3.05) is 20.8 Å². The van der Waals surface area contributed by atoms with E-state index in [0.29, 0.717) is 43.1 Å². The molecule has 4 amide bonds. The number of aromatic nitrogens is 4. The lowest BCUT2D eigenvalue weighted by Crippen LogP contribution is -2.57. The summed E-state index contributed by atoms with van der Waals surface area (Å²) in [4.78, 5) is 72.3. The second-order valence-corrected chi connectivity index (χ2v) is 17.7. The number of hydrogen-bond acceptors (Lipinski definition) is 8. The van der Waals surface area contributed by atoms with Crippen LogP contribution < -0.4 is 10.6 Å². The molecule has 4 N–H and O–H groups in total. The molecule has 4 heterocycles. The molecule has 1 aliphatic carbocycles. The Kier molecular flexibility index (Phi) is 13.0. The molecule has 16 heteroatoms. The van der Waals surface area contributed by atoms with Crippen molar-refractivity contribution >= 4 is 24.0 Å². The van der Waals surface area contributed by atoms with E-state index in [2.05, 4.69) is 25.6 Å². The van der Waals surface area contributed by atoms with Crippen LogP contribution >= 0.6 is 0 Å². The first-order valence-corrected chi connectivity index (χ1v) is 21.6. The van der Waals surface area contributed by atoms with E-state index >= 15 is 0 Å². The van der Waals surface area contributed by atoms with Gasteiger partial charge in [-0.3, -0.25) is 9.59 Å². The molecule has 7 rings (SSSR count). The summed E-state index contributed by atoms with van der Waals surface area (Å²) in [7, 11) is 2.53. The summed E-state index contributed by atoms with van der Waals surface area (Å²) in [6.45, 7) is 8.27. The van der Waals surface area contributed by atoms with E-state index in [9.17, 15) is 28.0 Å². The standard InChI is InChI=1S/C46H58F2N8O6/c1-27(2)24-33(53-43(59)61-5)41(57)56-37(17-18-45(56)19-21-46(47,48)22-20-45)40-50-26-35(52-40)32-15-11-30(12-16-32)29-9-13-31(14-10-29)34-25-49-39(51-34)36-8-7-23-55(36)42(58)38(28(3)4)54-44(60)62-6/h9-16,25-28,33,36-38H,7-8,17-24H2,1-6H3,(H,49,51)(H,50,52)(H,53,59)(H,54,60)/t33-,36-,37?,38-/m0/s1. The van der Waals surface area contributed by atoms with Crippen LogP contribution in [0.2, 0.25) is 0 Å². The first-order valence-electron chi connectivity index (χ1n) is 21.6. The fourth-order valence-electron chi connectivity index (χ4n) is 9.44. The van der Waals surface area contributed by atoms with Gasteiger partial charge in [0.1, 0.15) is 23.7 Å². The predicted octanol–water partition coefficient (Wildman–Crippen LogP) is 8.56. The number of carbonyl (C=O) groups is 4. The highest BCUT2D eigenvalue weighted by atomic mass is 19.3. The number of alkyl carbamates (subject to hydrolysis) is 2. The van der Waals surface area contributed by atoms with E-state index in [1.165, 1.54) is 14.2 Å². The molecular weight excluding hydrogens is 799 g/mol. The van der Waals surface area contributed by atoms with Crippen LogP contribution in [-0.4, -0.2) is 98.0 Å². The van der Waals surface area contributed by atoms with Gasteiger partial charge in [-0.1, -0.05) is 76.2 Å². The monoisotopic (exact) mass is 856 g/mol. The number of nitrogens with one attached hydrogen (secondary N) is 4. The Morgan fingerprint density at radius 3 is 2.02 bits per heavy atom. The smallest absolute Gasteiger partial charge is 0.407 e. The SMILES string of the molecule is COC(=O)N[C@@H](CC(C)C)C(=O)N1C(c2nc(-c3ccc(-c4ccc(-c5cnc([C@@H]6CCCN6C(=O)[C@@H](NC(=O)OC)C(C)C)[nH]5)cc4)cc3)c[nH]2)CCC12CCC(F)(F)CC2. The topological polar surface area (TPSA) is 175 Å². The minimum Gasteiger partial charge on any atom is -0.453 e. The molecule has 332 valence electrons. The largest absolute Gasteiger partial charge is 0.453 e. The normalized spacial score (nSPS) is 20.4. The second-order valence-electron chi connectivity index (χ2n) is 17.7. The Labute approximate surface area is 360 Å². The number of methoxy groups -OCH3 is 2. The summed E-state index contributed by atoms with van der Waals surface area (Å²) in [6.07, 6.45) is 5.05. The molecule has 0 bridgehead atoms. The highest BCUT2D eigenvalue weighted by Gasteiger charge is 2.55. The average Bonchev–Trinajstić information content (AvgIpc) is 4.10. The molecule has 14 nitrogen and oxygen atoms in total. The Morgan fingerprint density at radius 1 is 0.790 bits per heavy atom. The number of imidazole rings is 2. The Balaban J connectivity index is 1.05. The summed E-state index contributed by atoms with van der Waals surface area (Å²) >= 11 is 0. The van der Waals surface area contributed by atoms with Gasteiger partial charge >= 0.3 is 12.2 Å². The lowest BCUT2D eigenvalue weighted by molar-refractivity contribution is -0.147. The number of alkyl halides is 2. The van der Waals surface area contributed by atoms with Gasteiger partial charge in [0.2, 0.25) is 17.7 Å². The van der Waals surface area contributed by atoms with Crippen molar-refractivity contribution in [2.45, 2.75) is 121 Å². The summed E-state index contributed by atoms with van der Waals surface area (Å²) < 4.78 is 38.6. The van der Waals surface area contributed by atoms with Crippen LogP contribution in [0.1, 0.15) is 109 Å². The molecule has 2 saturated heterocycles. The van der Waals surface area contributed by atoms with Gasteiger partial charge in [0.15, 0.2) is 0 Å². The fourth-order valence-corrected chi connectivity index (χ4v) is 9.44. The number of aromatic amines is 2. The number of likely N-dealkylation sites (tertiary alicyclic amines) is 2. The minimum absolute atomic E-state index is 0.0751. The average molecular weight is 857 g/mol. The molecule has 1 spiro atoms. The van der Waals surface area contributed by atoms with Crippen LogP contribution in [0.5, 0.6) is 0 Å². The van der Waals surface area contributed by atoms with Crippen LogP contribution in [0.3, 0.4) is 0 Å². The number of hydrogen-bond donors (Lipinski definition) is 4. The van der Waals surface area contributed by atoms with Gasteiger partial charge in [0.05, 0.1) is 43.9 Å². The zero-order valence-electron chi connectivity index (χ0n) is 36.3. The fraction of sp³-hybridized carbons (Fsp3) is 0.522. The maximum atomic E-state index is 14.5. The van der Waals surface area contributed by atoms with Crippen LogP contribution in [0.15, 0.2) is 60.9 Å². The van der Waals surface area contributed by atoms with Gasteiger partial charge in [-0.15, -0.1) is 0 Å². The lowest BCUT2D eigenvalue weighted by Gasteiger charge is -2.46. The van der Waals surface area contributed by atoms with Crippen molar-refractivity contribution in [3.8, 4) is 33.6 Å². The predicted molar refractivity (Wildman–Crippen MR) is 229 cm³/mol. The maximum Gasteiger partial charge on any atom is 0.407 e. The van der Waals surface area contributed by atoms with Gasteiger partial charge in [-0.25, -0.2) is 28.3 Å². The van der Waals surface area contributed by atoms with Gasteiger partial charge in [-0.2, -0.15) is 0 Å². The van der Waals surface area contributed by atoms with Gasteiger partial charge in [0, 0.05) is 36.7 Å². The molecule has 4 aromatic rings. The summed E-state index contributed by atoms with van der Waals surface area (Å²) in [5.74, 6) is -2.02. The highest BCUT2D eigenvalue weighted by Crippen LogP contribution is 2.52. The van der Waals surface area contributed by atoms with E-state index in [0.717, 1.165) is 40.8 Å². The third kappa shape index (κ3) is 9.33. The maximum absolute atomic E-state index is 14.5. The summed E-state index contributed by atoms with van der Waals surface area (Å²) in [6, 6.07) is 13.9.